The second-order valence-corrected chi connectivity index (χ2v) is 5.92. The summed E-state index contributed by atoms with van der Waals surface area (Å²) in [7, 11) is -1.29. The Morgan fingerprint density at radius 1 is 1.35 bits per heavy atom. The van der Waals surface area contributed by atoms with E-state index < -0.39 is 18.3 Å². The Morgan fingerprint density at radius 3 is 2.45 bits per heavy atom. The molecule has 0 spiro atoms. The number of aromatic nitrogens is 1. The van der Waals surface area contributed by atoms with Crippen LogP contribution in [0.15, 0.2) is 12.3 Å². The molecule has 0 bridgehead atoms. The number of aliphatic hydroxyl groups is 1. The standard InChI is InChI=1S/C13H21BClNO4/c1-6-19-11-7-9(10(15)8-16-11)14(18)20-13(4,5)12(2,3)17/h7-8,17-18H,6H2,1-5H3. The van der Waals surface area contributed by atoms with Crippen LogP contribution in [-0.4, -0.2) is 40.0 Å². The molecule has 0 radical (unpaired) electrons. The van der Waals surface area contributed by atoms with E-state index in [0.29, 0.717) is 17.9 Å². The highest BCUT2D eigenvalue weighted by Gasteiger charge is 2.40. The van der Waals surface area contributed by atoms with Gasteiger partial charge in [-0.05, 0) is 34.6 Å². The van der Waals surface area contributed by atoms with E-state index in [2.05, 4.69) is 4.98 Å². The van der Waals surface area contributed by atoms with Crippen LogP contribution in [0.1, 0.15) is 34.6 Å². The molecule has 0 aliphatic heterocycles. The first-order valence-corrected chi connectivity index (χ1v) is 6.82. The SMILES string of the molecule is CCOc1cc(B(O)OC(C)(C)C(C)(C)O)c(Cl)cn1. The van der Waals surface area contributed by atoms with Gasteiger partial charge in [-0.15, -0.1) is 0 Å². The van der Waals surface area contributed by atoms with Gasteiger partial charge in [0.15, 0.2) is 0 Å². The number of ether oxygens (including phenoxy) is 1. The van der Waals surface area contributed by atoms with E-state index >= 15 is 0 Å². The number of pyridine rings is 1. The first-order valence-electron chi connectivity index (χ1n) is 6.45. The zero-order valence-electron chi connectivity index (χ0n) is 12.5. The van der Waals surface area contributed by atoms with Gasteiger partial charge in [0.2, 0.25) is 5.88 Å². The van der Waals surface area contributed by atoms with Crippen molar-refractivity contribution in [3.63, 3.8) is 0 Å². The van der Waals surface area contributed by atoms with Gasteiger partial charge in [0.25, 0.3) is 0 Å². The third-order valence-corrected chi connectivity index (χ3v) is 3.61. The van der Waals surface area contributed by atoms with E-state index in [1.807, 2.05) is 6.92 Å². The minimum atomic E-state index is -1.29. The number of nitrogens with zero attached hydrogens (tertiary/aromatic N) is 1. The van der Waals surface area contributed by atoms with Crippen LogP contribution in [0.2, 0.25) is 5.02 Å². The molecule has 112 valence electrons. The summed E-state index contributed by atoms with van der Waals surface area (Å²) in [5.41, 5.74) is -1.75. The van der Waals surface area contributed by atoms with Crippen LogP contribution in [0.25, 0.3) is 0 Å². The molecule has 2 N–H and O–H groups in total. The summed E-state index contributed by atoms with van der Waals surface area (Å²) in [6, 6.07) is 1.52. The van der Waals surface area contributed by atoms with Crippen molar-refractivity contribution in [1.29, 1.82) is 0 Å². The van der Waals surface area contributed by atoms with Crippen molar-refractivity contribution < 1.29 is 19.5 Å². The summed E-state index contributed by atoms with van der Waals surface area (Å²) in [6.07, 6.45) is 1.39. The molecule has 1 aromatic heterocycles. The van der Waals surface area contributed by atoms with Gasteiger partial charge < -0.3 is 19.5 Å². The molecule has 0 unspecified atom stereocenters. The van der Waals surface area contributed by atoms with Gasteiger partial charge in [-0.1, -0.05) is 11.6 Å². The first-order chi connectivity index (χ1) is 9.08. The molecule has 1 heterocycles. The third kappa shape index (κ3) is 4.09. The van der Waals surface area contributed by atoms with Gasteiger partial charge in [0, 0.05) is 17.7 Å². The first kappa shape index (κ1) is 17.2. The minimum absolute atomic E-state index is 0.271. The molecule has 1 rings (SSSR count). The molecule has 0 aromatic carbocycles. The summed E-state index contributed by atoms with van der Waals surface area (Å²) in [5, 5.41) is 20.5. The summed E-state index contributed by atoms with van der Waals surface area (Å²) in [4.78, 5) is 3.99. The zero-order valence-corrected chi connectivity index (χ0v) is 13.2. The van der Waals surface area contributed by atoms with Crippen LogP contribution in [0.4, 0.5) is 0 Å². The molecule has 0 atom stereocenters. The van der Waals surface area contributed by atoms with Crippen LogP contribution in [0, 0.1) is 0 Å². The largest absolute Gasteiger partial charge is 0.493 e. The topological polar surface area (TPSA) is 71.8 Å². The number of halogens is 1. The smallest absolute Gasteiger partial charge is 0.478 e. The molecule has 1 aromatic rings. The van der Waals surface area contributed by atoms with Crippen LogP contribution >= 0.6 is 11.6 Å². The molecule has 0 fully saturated rings. The zero-order chi connectivity index (χ0) is 15.6. The van der Waals surface area contributed by atoms with Crippen LogP contribution in [0.3, 0.4) is 0 Å². The maximum atomic E-state index is 10.2. The lowest BCUT2D eigenvalue weighted by Crippen LogP contribution is -2.53. The van der Waals surface area contributed by atoms with Gasteiger partial charge in [-0.25, -0.2) is 4.98 Å². The van der Waals surface area contributed by atoms with Gasteiger partial charge in [-0.3, -0.25) is 0 Å². The second-order valence-electron chi connectivity index (χ2n) is 5.52. The Kier molecular flexibility index (Phi) is 5.43. The monoisotopic (exact) mass is 301 g/mol. The average molecular weight is 302 g/mol. The third-order valence-electron chi connectivity index (χ3n) is 3.30. The summed E-state index contributed by atoms with van der Waals surface area (Å²) in [6.45, 7) is 8.89. The lowest BCUT2D eigenvalue weighted by Gasteiger charge is -2.38. The van der Waals surface area contributed by atoms with Crippen molar-refractivity contribution in [3.05, 3.63) is 17.3 Å². The normalized spacial score (nSPS) is 12.4. The predicted octanol–water partition coefficient (Wildman–Crippen LogP) is 1.39. The van der Waals surface area contributed by atoms with E-state index in [9.17, 15) is 10.1 Å². The fraction of sp³-hybridized carbons (Fsp3) is 0.615. The van der Waals surface area contributed by atoms with E-state index in [0.717, 1.165) is 0 Å². The van der Waals surface area contributed by atoms with Crippen molar-refractivity contribution in [1.82, 2.24) is 4.98 Å². The second kappa shape index (κ2) is 6.31. The molecule has 0 aliphatic carbocycles. The average Bonchev–Trinajstić information content (AvgIpc) is 2.29. The molecule has 0 aliphatic rings. The van der Waals surface area contributed by atoms with Crippen molar-refractivity contribution in [2.24, 2.45) is 0 Å². The number of hydrogen-bond acceptors (Lipinski definition) is 5. The van der Waals surface area contributed by atoms with Crippen LogP contribution < -0.4 is 10.2 Å². The highest BCUT2D eigenvalue weighted by Crippen LogP contribution is 2.26. The molecule has 0 saturated carbocycles. The van der Waals surface area contributed by atoms with Crippen molar-refractivity contribution >= 4 is 24.2 Å². The van der Waals surface area contributed by atoms with E-state index in [1.54, 1.807) is 27.7 Å². The highest BCUT2D eigenvalue weighted by atomic mass is 35.5. The summed E-state index contributed by atoms with van der Waals surface area (Å²) in [5.74, 6) is 0.357. The molecule has 7 heteroatoms. The molecular weight excluding hydrogens is 280 g/mol. The van der Waals surface area contributed by atoms with Crippen LogP contribution in [0.5, 0.6) is 5.88 Å². The fourth-order valence-electron chi connectivity index (χ4n) is 1.34. The number of hydrogen-bond donors (Lipinski definition) is 2. The summed E-state index contributed by atoms with van der Waals surface area (Å²) < 4.78 is 10.8. The highest BCUT2D eigenvalue weighted by molar-refractivity contribution is 6.64. The summed E-state index contributed by atoms with van der Waals surface area (Å²) >= 11 is 6.01. The molecular formula is C13H21BClNO4. The van der Waals surface area contributed by atoms with Gasteiger partial charge in [0.1, 0.15) is 0 Å². The lowest BCUT2D eigenvalue weighted by molar-refractivity contribution is -0.0982. The van der Waals surface area contributed by atoms with E-state index in [1.165, 1.54) is 12.3 Å². The Labute approximate surface area is 125 Å². The Morgan fingerprint density at radius 2 is 1.95 bits per heavy atom. The fourth-order valence-corrected chi connectivity index (χ4v) is 1.53. The molecule has 0 amide bonds. The molecule has 5 nitrogen and oxygen atoms in total. The quantitative estimate of drug-likeness (QED) is 0.777. The Balaban J connectivity index is 2.97. The maximum Gasteiger partial charge on any atom is 0.493 e. The predicted molar refractivity (Wildman–Crippen MR) is 79.5 cm³/mol. The van der Waals surface area contributed by atoms with E-state index in [-0.39, 0.29) is 5.02 Å². The van der Waals surface area contributed by atoms with Gasteiger partial charge in [0.05, 0.1) is 22.8 Å². The van der Waals surface area contributed by atoms with Crippen molar-refractivity contribution in [2.75, 3.05) is 6.61 Å². The van der Waals surface area contributed by atoms with Gasteiger partial charge in [-0.2, -0.15) is 0 Å². The lowest BCUT2D eigenvalue weighted by atomic mass is 9.77. The molecule has 20 heavy (non-hydrogen) atoms. The number of rotatable bonds is 6. The van der Waals surface area contributed by atoms with Crippen molar-refractivity contribution in [2.45, 2.75) is 45.8 Å². The Hall–Kier alpha value is -0.815. The minimum Gasteiger partial charge on any atom is -0.478 e. The van der Waals surface area contributed by atoms with Crippen LogP contribution in [-0.2, 0) is 4.65 Å². The van der Waals surface area contributed by atoms with E-state index in [4.69, 9.17) is 21.0 Å². The van der Waals surface area contributed by atoms with Gasteiger partial charge >= 0.3 is 7.12 Å². The molecule has 0 saturated heterocycles. The Bertz CT molecular complexity index is 462. The maximum absolute atomic E-state index is 10.2. The van der Waals surface area contributed by atoms with Crippen molar-refractivity contribution in [3.8, 4) is 5.88 Å².